The number of allylic oxidation sites excluding steroid dienone is 4. The fourth-order valence-electron chi connectivity index (χ4n) is 3.66. The molecule has 0 aliphatic rings. The number of amides is 2. The molecular weight excluding hydrogens is 572 g/mol. The summed E-state index contributed by atoms with van der Waals surface area (Å²) in [6, 6.07) is 5.72. The van der Waals surface area contributed by atoms with Crippen LogP contribution in [-0.2, 0) is 28.8 Å². The van der Waals surface area contributed by atoms with E-state index in [9.17, 15) is 18.6 Å². The van der Waals surface area contributed by atoms with E-state index < -0.39 is 33.4 Å². The molecule has 0 aliphatic carbocycles. The predicted molar refractivity (Wildman–Crippen MR) is 169 cm³/mol. The van der Waals surface area contributed by atoms with E-state index >= 15 is 0 Å². The van der Waals surface area contributed by atoms with Crippen molar-refractivity contribution in [3.05, 3.63) is 54.3 Å². The Morgan fingerprint density at radius 2 is 1.81 bits per heavy atom. The maximum Gasteiger partial charge on any atom is 0.442 e. The Morgan fingerprint density at radius 1 is 1.14 bits per heavy atom. The Bertz CT molecular complexity index is 1470. The van der Waals surface area contributed by atoms with Crippen LogP contribution in [0.2, 0.25) is 0 Å². The monoisotopic (exact) mass is 614 g/mol. The van der Waals surface area contributed by atoms with Gasteiger partial charge < -0.3 is 25.4 Å². The SMILES string of the molecule is C/C=C\C=C(/C)c1cnc(Nc2ccc(S(C)(=O)=NC(=O)OCC)cc2)nc1NCCC(NC(C)=O)C(=O)OC(C)(C)C. The molecule has 12 nitrogen and oxygen atoms in total. The summed E-state index contributed by atoms with van der Waals surface area (Å²) in [6.07, 6.45) is 8.17. The summed E-state index contributed by atoms with van der Waals surface area (Å²) in [6.45, 7) is 12.6. The molecular formula is C30H42N6O6S. The van der Waals surface area contributed by atoms with Gasteiger partial charge >= 0.3 is 12.1 Å². The lowest BCUT2D eigenvalue weighted by atomic mass is 10.1. The van der Waals surface area contributed by atoms with Crippen molar-refractivity contribution in [1.82, 2.24) is 15.3 Å². The number of rotatable bonds is 12. The van der Waals surface area contributed by atoms with Gasteiger partial charge in [0.25, 0.3) is 0 Å². The first-order valence-electron chi connectivity index (χ1n) is 13.8. The number of carbonyl (C=O) groups excluding carboxylic acids is 3. The quantitative estimate of drug-likeness (QED) is 0.207. The number of aromatic nitrogens is 2. The molecule has 3 N–H and O–H groups in total. The molecule has 0 fully saturated rings. The summed E-state index contributed by atoms with van der Waals surface area (Å²) in [7, 11) is -2.98. The topological polar surface area (TPSA) is 161 Å². The zero-order valence-corrected chi connectivity index (χ0v) is 26.8. The number of nitrogens with zero attached hydrogens (tertiary/aromatic N) is 3. The Hall–Kier alpha value is -4.26. The van der Waals surface area contributed by atoms with Crippen molar-refractivity contribution in [2.45, 2.75) is 71.4 Å². The number of benzene rings is 1. The molecule has 2 atom stereocenters. The van der Waals surface area contributed by atoms with Gasteiger partial charge in [-0.15, -0.1) is 4.36 Å². The van der Waals surface area contributed by atoms with Gasteiger partial charge in [-0.1, -0.05) is 18.2 Å². The number of ether oxygens (including phenoxy) is 2. The van der Waals surface area contributed by atoms with Crippen molar-refractivity contribution in [1.29, 1.82) is 0 Å². The zero-order chi connectivity index (χ0) is 32.2. The zero-order valence-electron chi connectivity index (χ0n) is 26.0. The van der Waals surface area contributed by atoms with Gasteiger partial charge in [-0.3, -0.25) is 4.79 Å². The average Bonchev–Trinajstić information content (AvgIpc) is 2.90. The van der Waals surface area contributed by atoms with Crippen LogP contribution in [0.3, 0.4) is 0 Å². The van der Waals surface area contributed by atoms with E-state index in [0.717, 1.165) is 11.1 Å². The lowest BCUT2D eigenvalue weighted by Gasteiger charge is -2.24. The molecule has 43 heavy (non-hydrogen) atoms. The van der Waals surface area contributed by atoms with Crippen LogP contribution in [0, 0.1) is 0 Å². The van der Waals surface area contributed by atoms with Crippen molar-refractivity contribution >= 4 is 50.7 Å². The molecule has 0 saturated heterocycles. The Labute approximate surface area is 253 Å². The minimum atomic E-state index is -2.98. The second-order valence-corrected chi connectivity index (χ2v) is 12.8. The standard InChI is InChI=1S/C30H42N6O6S/c1-9-11-12-20(3)24-19-32-28(34-22-13-15-23(16-14-22)43(8,40)36-29(39)41-10-2)35-26(24)31-18-17-25(33-21(4)37)27(38)42-30(5,6)7/h9,11-16,19,25H,10,17-18H2,1-8H3,(H,33,37)(H2,31,32,34,35)/b11-9-,20-12+. The van der Waals surface area contributed by atoms with E-state index in [0.29, 0.717) is 22.9 Å². The number of esters is 1. The second kappa shape index (κ2) is 15.8. The van der Waals surface area contributed by atoms with Gasteiger partial charge in [-0.2, -0.15) is 4.98 Å². The molecule has 234 valence electrons. The van der Waals surface area contributed by atoms with E-state index in [2.05, 4.69) is 30.3 Å². The Morgan fingerprint density at radius 3 is 2.40 bits per heavy atom. The highest BCUT2D eigenvalue weighted by atomic mass is 32.2. The molecule has 0 radical (unpaired) electrons. The molecule has 1 aromatic heterocycles. The molecule has 0 aliphatic heterocycles. The van der Waals surface area contributed by atoms with Gasteiger partial charge in [0.2, 0.25) is 11.9 Å². The predicted octanol–water partition coefficient (Wildman–Crippen LogP) is 5.46. The fourth-order valence-corrected chi connectivity index (χ4v) is 4.75. The molecule has 1 aromatic carbocycles. The highest BCUT2D eigenvalue weighted by Crippen LogP contribution is 2.25. The van der Waals surface area contributed by atoms with Crippen LogP contribution in [0.5, 0.6) is 0 Å². The van der Waals surface area contributed by atoms with Gasteiger partial charge in [0.1, 0.15) is 17.5 Å². The molecule has 0 spiro atoms. The molecule has 1 heterocycles. The third kappa shape index (κ3) is 11.9. The number of hydrogen-bond acceptors (Lipinski definition) is 10. The van der Waals surface area contributed by atoms with E-state index in [1.807, 2.05) is 32.1 Å². The van der Waals surface area contributed by atoms with Gasteiger partial charge in [0.15, 0.2) is 0 Å². The maximum atomic E-state index is 12.9. The Balaban J connectivity index is 2.30. The smallest absolute Gasteiger partial charge is 0.442 e. The summed E-state index contributed by atoms with van der Waals surface area (Å²) < 4.78 is 26.8. The number of hydrogen-bond donors (Lipinski definition) is 3. The first-order chi connectivity index (χ1) is 20.1. The normalized spacial score (nSPS) is 13.9. The first-order valence-corrected chi connectivity index (χ1v) is 15.7. The number of carbonyl (C=O) groups is 3. The highest BCUT2D eigenvalue weighted by Gasteiger charge is 2.26. The van der Waals surface area contributed by atoms with Crippen LogP contribution >= 0.6 is 0 Å². The van der Waals surface area contributed by atoms with Crippen LogP contribution in [0.1, 0.15) is 60.5 Å². The lowest BCUT2D eigenvalue weighted by molar-refractivity contribution is -0.158. The molecule has 2 amide bonds. The minimum Gasteiger partial charge on any atom is -0.458 e. The number of nitrogens with one attached hydrogen (secondary N) is 3. The molecule has 0 saturated carbocycles. The average molecular weight is 615 g/mol. The summed E-state index contributed by atoms with van der Waals surface area (Å²) in [5, 5.41) is 9.04. The van der Waals surface area contributed by atoms with Crippen molar-refractivity contribution in [3.63, 3.8) is 0 Å². The van der Waals surface area contributed by atoms with Crippen molar-refractivity contribution in [2.24, 2.45) is 4.36 Å². The van der Waals surface area contributed by atoms with Gasteiger partial charge in [0, 0.05) is 42.1 Å². The second-order valence-electron chi connectivity index (χ2n) is 10.6. The summed E-state index contributed by atoms with van der Waals surface area (Å²) >= 11 is 0. The van der Waals surface area contributed by atoms with Crippen LogP contribution in [0.4, 0.5) is 22.2 Å². The summed E-state index contributed by atoms with van der Waals surface area (Å²) in [5.74, 6) is -0.0529. The third-order valence-corrected chi connectivity index (χ3v) is 7.26. The summed E-state index contributed by atoms with van der Waals surface area (Å²) in [5.41, 5.74) is 1.58. The van der Waals surface area contributed by atoms with Crippen LogP contribution in [0.15, 0.2) is 57.9 Å². The molecule has 2 unspecified atom stereocenters. The van der Waals surface area contributed by atoms with Crippen molar-refractivity contribution < 1.29 is 28.1 Å². The Kier molecular flexibility index (Phi) is 12.9. The van der Waals surface area contributed by atoms with Crippen LogP contribution in [-0.4, -0.2) is 63.2 Å². The van der Waals surface area contributed by atoms with Gasteiger partial charge in [0.05, 0.1) is 16.3 Å². The molecule has 0 bridgehead atoms. The summed E-state index contributed by atoms with van der Waals surface area (Å²) in [4.78, 5) is 45.6. The van der Waals surface area contributed by atoms with E-state index in [1.54, 1.807) is 58.2 Å². The van der Waals surface area contributed by atoms with Crippen LogP contribution < -0.4 is 16.0 Å². The fraction of sp³-hybridized carbons (Fsp3) is 0.433. The van der Waals surface area contributed by atoms with Gasteiger partial charge in [-0.05, 0) is 77.8 Å². The first kappa shape index (κ1) is 34.9. The number of anilines is 3. The molecule has 2 aromatic rings. The largest absolute Gasteiger partial charge is 0.458 e. The van der Waals surface area contributed by atoms with Gasteiger partial charge in [-0.25, -0.2) is 18.8 Å². The highest BCUT2D eigenvalue weighted by molar-refractivity contribution is 7.93. The van der Waals surface area contributed by atoms with Crippen molar-refractivity contribution in [2.75, 3.05) is 30.0 Å². The third-order valence-electron chi connectivity index (χ3n) is 5.61. The van der Waals surface area contributed by atoms with E-state index in [1.165, 1.54) is 13.2 Å². The lowest BCUT2D eigenvalue weighted by Crippen LogP contribution is -2.44. The van der Waals surface area contributed by atoms with Crippen molar-refractivity contribution in [3.8, 4) is 0 Å². The molecule has 2 rings (SSSR count). The maximum absolute atomic E-state index is 12.9. The van der Waals surface area contributed by atoms with E-state index in [-0.39, 0.29) is 24.9 Å². The van der Waals surface area contributed by atoms with E-state index in [4.69, 9.17) is 9.47 Å². The van der Waals surface area contributed by atoms with Crippen LogP contribution in [0.25, 0.3) is 5.57 Å². The molecule has 13 heteroatoms. The minimum absolute atomic E-state index is 0.139.